The topological polar surface area (TPSA) is 97.3 Å². The van der Waals surface area contributed by atoms with Gasteiger partial charge >= 0.3 is 6.03 Å². The van der Waals surface area contributed by atoms with Crippen molar-refractivity contribution < 1.29 is 17.9 Å². The van der Waals surface area contributed by atoms with Crippen LogP contribution in [0.25, 0.3) is 0 Å². The lowest BCUT2D eigenvalue weighted by Gasteiger charge is -2.18. The Balaban J connectivity index is 0.000000763. The summed E-state index contributed by atoms with van der Waals surface area (Å²) in [5, 5.41) is 2.34. The highest BCUT2D eigenvalue weighted by Gasteiger charge is 2.13. The molecule has 1 N–H and O–H groups in total. The molecule has 124 valence electrons. The van der Waals surface area contributed by atoms with Crippen molar-refractivity contribution in [2.24, 2.45) is 0 Å². The standard InChI is InChI=1S/C9H12N4O3S.C4H10O/c1-3-5-12(6-4-2)9(14)13-7-10-8(11-13)17(15)16;1-3-5-4-2/h1,7,11H,4-6H2,2H3;3-4H2,1-2H3. The number of aromatic nitrogens is 3. The fraction of sp³-hybridized carbons (Fsp3) is 0.615. The molecule has 0 atom stereocenters. The average Bonchev–Trinajstić information content (AvgIpc) is 2.98. The van der Waals surface area contributed by atoms with Crippen molar-refractivity contribution in [3.8, 4) is 12.3 Å². The maximum Gasteiger partial charge on any atom is 0.345 e. The Bertz CT molecular complexity index is 644. The first kappa shape index (κ1) is 19.9. The molecule has 0 fully saturated rings. The van der Waals surface area contributed by atoms with Crippen LogP contribution in [0.2, 0.25) is 0 Å². The van der Waals surface area contributed by atoms with Crippen LogP contribution >= 0.6 is 0 Å². The number of amides is 1. The summed E-state index contributed by atoms with van der Waals surface area (Å²) in [6.07, 6.45) is 7.01. The maximum atomic E-state index is 11.9. The average molecular weight is 330 g/mol. The molecule has 0 unspecified atom stereocenters. The molecule has 0 aliphatic heterocycles. The second-order valence-corrected chi connectivity index (χ2v) is 4.81. The van der Waals surface area contributed by atoms with Gasteiger partial charge in [-0.05, 0) is 20.3 Å². The molecule has 8 nitrogen and oxygen atoms in total. The van der Waals surface area contributed by atoms with Crippen LogP contribution in [0.4, 0.5) is 4.79 Å². The number of rotatable bonds is 5. The Morgan fingerprint density at radius 3 is 2.45 bits per heavy atom. The van der Waals surface area contributed by atoms with Crippen LogP contribution in [0.15, 0.2) is 6.33 Å². The van der Waals surface area contributed by atoms with E-state index in [1.807, 2.05) is 20.8 Å². The zero-order valence-electron chi connectivity index (χ0n) is 13.1. The molecule has 0 bridgehead atoms. The summed E-state index contributed by atoms with van der Waals surface area (Å²) in [4.78, 5) is 16.8. The molecule has 0 aromatic carbocycles. The molecular formula is C13H22N4O4S. The molecule has 0 spiro atoms. The molecule has 0 radical (unpaired) electrons. The van der Waals surface area contributed by atoms with Gasteiger partial charge in [0.1, 0.15) is 6.33 Å². The number of nitrogens with zero attached hydrogens (tertiary/aromatic N) is 3. The Hall–Kier alpha value is -2.05. The number of hydrogen-bond acceptors (Lipinski definition) is 5. The fourth-order valence-corrected chi connectivity index (χ4v) is 1.73. The van der Waals surface area contributed by atoms with E-state index in [1.54, 1.807) is 0 Å². The largest absolute Gasteiger partial charge is 0.382 e. The molecule has 0 aliphatic rings. The molecule has 0 saturated carbocycles. The third-order valence-corrected chi connectivity index (χ3v) is 2.84. The van der Waals surface area contributed by atoms with Crippen molar-refractivity contribution in [3.05, 3.63) is 11.1 Å². The number of hydrogen-bond donors (Lipinski definition) is 1. The highest BCUT2D eigenvalue weighted by Crippen LogP contribution is 1.96. The van der Waals surface area contributed by atoms with E-state index in [-0.39, 0.29) is 11.3 Å². The Morgan fingerprint density at radius 1 is 1.45 bits per heavy atom. The van der Waals surface area contributed by atoms with Crippen LogP contribution in [-0.4, -0.2) is 60.4 Å². The van der Waals surface area contributed by atoms with E-state index < -0.39 is 16.3 Å². The second kappa shape index (κ2) is 11.6. The van der Waals surface area contributed by atoms with Crippen molar-refractivity contribution in [1.82, 2.24) is 19.7 Å². The van der Waals surface area contributed by atoms with Crippen LogP contribution in [0.3, 0.4) is 0 Å². The summed E-state index contributed by atoms with van der Waals surface area (Å²) >= 11 is 0. The number of ether oxygens (including phenoxy) is 1. The summed E-state index contributed by atoms with van der Waals surface area (Å²) in [6, 6.07) is -0.436. The predicted molar refractivity (Wildman–Crippen MR) is 82.4 cm³/mol. The van der Waals surface area contributed by atoms with E-state index in [1.165, 1.54) is 4.90 Å². The van der Waals surface area contributed by atoms with Crippen LogP contribution in [0.5, 0.6) is 0 Å². The van der Waals surface area contributed by atoms with Gasteiger partial charge < -0.3 is 9.64 Å². The molecule has 22 heavy (non-hydrogen) atoms. The van der Waals surface area contributed by atoms with E-state index in [9.17, 15) is 13.2 Å². The summed E-state index contributed by atoms with van der Waals surface area (Å²) in [5.74, 6) is 2.37. The lowest BCUT2D eigenvalue weighted by molar-refractivity contribution is 0.162. The Morgan fingerprint density at radius 2 is 2.09 bits per heavy atom. The van der Waals surface area contributed by atoms with Gasteiger partial charge in [-0.3, -0.25) is 5.10 Å². The molecular weight excluding hydrogens is 308 g/mol. The Labute approximate surface area is 131 Å². The highest BCUT2D eigenvalue weighted by molar-refractivity contribution is 7.63. The van der Waals surface area contributed by atoms with E-state index >= 15 is 0 Å². The number of H-pyrrole nitrogens is 1. The van der Waals surface area contributed by atoms with Crippen molar-refractivity contribution in [2.45, 2.75) is 27.2 Å². The van der Waals surface area contributed by atoms with Gasteiger partial charge in [0.05, 0.1) is 6.54 Å². The summed E-state index contributed by atoms with van der Waals surface area (Å²) in [7, 11) is -2.49. The first-order valence-corrected chi connectivity index (χ1v) is 7.95. The van der Waals surface area contributed by atoms with Crippen LogP contribution in [0, 0.1) is 17.1 Å². The molecule has 1 rings (SSSR count). The number of carbonyl (C=O) groups excluding carboxylic acids is 1. The van der Waals surface area contributed by atoms with E-state index in [2.05, 4.69) is 16.0 Å². The predicted octanol–water partition coefficient (Wildman–Crippen LogP) is 0.978. The minimum atomic E-state index is -2.49. The Kier molecular flexibility index (Phi) is 10.5. The second-order valence-electron chi connectivity index (χ2n) is 3.96. The monoisotopic (exact) mass is 330 g/mol. The quantitative estimate of drug-likeness (QED) is 0.641. The minimum absolute atomic E-state index is 0.161. The van der Waals surface area contributed by atoms with Crippen molar-refractivity contribution in [2.75, 3.05) is 26.3 Å². The van der Waals surface area contributed by atoms with Gasteiger partial charge in [-0.1, -0.05) is 12.8 Å². The molecule has 1 heterocycles. The van der Waals surface area contributed by atoms with E-state index in [0.717, 1.165) is 30.6 Å². The number of nitrogens with one attached hydrogen (secondary N) is 1. The van der Waals surface area contributed by atoms with Crippen molar-refractivity contribution >= 4 is 16.3 Å². The SMILES string of the molecule is C#CCN(CCC)C(=O)n1cnc(=S(=O)=O)[nH]1.CCOCC. The van der Waals surface area contributed by atoms with Gasteiger partial charge in [0.25, 0.3) is 15.1 Å². The normalized spacial score (nSPS) is 9.36. The summed E-state index contributed by atoms with van der Waals surface area (Å²) in [6.45, 7) is 8.23. The summed E-state index contributed by atoms with van der Waals surface area (Å²) in [5.41, 5.74) is 0. The number of aromatic amines is 1. The van der Waals surface area contributed by atoms with Gasteiger partial charge in [-0.15, -0.1) is 6.42 Å². The van der Waals surface area contributed by atoms with Gasteiger partial charge in [-0.2, -0.15) is 13.1 Å². The third kappa shape index (κ3) is 7.10. The lowest BCUT2D eigenvalue weighted by Crippen LogP contribution is -2.35. The lowest BCUT2D eigenvalue weighted by atomic mass is 10.4. The van der Waals surface area contributed by atoms with Gasteiger partial charge in [0.2, 0.25) is 0 Å². The highest BCUT2D eigenvalue weighted by atomic mass is 32.2. The minimum Gasteiger partial charge on any atom is -0.382 e. The smallest absolute Gasteiger partial charge is 0.345 e. The van der Waals surface area contributed by atoms with Crippen molar-refractivity contribution in [1.29, 1.82) is 0 Å². The first-order chi connectivity index (χ1) is 10.5. The van der Waals surface area contributed by atoms with E-state index in [0.29, 0.717) is 6.54 Å². The fourth-order valence-electron chi connectivity index (χ4n) is 1.43. The molecule has 1 amide bonds. The number of carbonyl (C=O) groups is 1. The van der Waals surface area contributed by atoms with Crippen molar-refractivity contribution in [3.63, 3.8) is 0 Å². The molecule has 0 saturated heterocycles. The third-order valence-electron chi connectivity index (χ3n) is 2.32. The zero-order chi connectivity index (χ0) is 17.0. The first-order valence-electron chi connectivity index (χ1n) is 6.88. The molecule has 1 aromatic heterocycles. The number of terminal acetylenes is 1. The summed E-state index contributed by atoms with van der Waals surface area (Å²) < 4.78 is 26.7. The van der Waals surface area contributed by atoms with Gasteiger partial charge in [0.15, 0.2) is 0 Å². The van der Waals surface area contributed by atoms with Crippen LogP contribution < -0.4 is 0 Å². The molecule has 0 aliphatic carbocycles. The van der Waals surface area contributed by atoms with E-state index in [4.69, 9.17) is 11.2 Å². The van der Waals surface area contributed by atoms with Gasteiger partial charge in [0, 0.05) is 19.8 Å². The molecule has 9 heteroatoms. The van der Waals surface area contributed by atoms with Crippen LogP contribution in [0.1, 0.15) is 27.2 Å². The van der Waals surface area contributed by atoms with Gasteiger partial charge in [-0.25, -0.2) is 9.78 Å². The van der Waals surface area contributed by atoms with Crippen LogP contribution in [-0.2, 0) is 15.0 Å². The zero-order valence-corrected chi connectivity index (χ0v) is 13.9. The maximum absolute atomic E-state index is 11.9. The molecule has 1 aromatic rings.